The van der Waals surface area contributed by atoms with Gasteiger partial charge >= 0.3 is 0 Å². The second-order valence-corrected chi connectivity index (χ2v) is 5.44. The molecule has 0 unspecified atom stereocenters. The normalized spacial score (nSPS) is 19.4. The van der Waals surface area contributed by atoms with Crippen molar-refractivity contribution in [3.05, 3.63) is 29.8 Å². The molecule has 0 heterocycles. The minimum atomic E-state index is 0.278. The number of hydrogen-bond donors (Lipinski definition) is 1. The van der Waals surface area contributed by atoms with Gasteiger partial charge in [0.2, 0.25) is 5.91 Å². The summed E-state index contributed by atoms with van der Waals surface area (Å²) in [6.45, 7) is 0.556. The first-order chi connectivity index (χ1) is 8.79. The van der Waals surface area contributed by atoms with Crippen molar-refractivity contribution in [3.8, 4) is 0 Å². The third-order valence-corrected chi connectivity index (χ3v) is 4.05. The molecular weight excluding hydrogens is 224 g/mol. The highest BCUT2D eigenvalue weighted by Gasteiger charge is 2.38. The van der Waals surface area contributed by atoms with Crippen LogP contribution >= 0.6 is 0 Å². The molecule has 2 N–H and O–H groups in total. The SMILES string of the molecule is NCc1ccc(N(C(=O)C2CCC2)C2CC2)cc1. The summed E-state index contributed by atoms with van der Waals surface area (Å²) in [5.74, 6) is 0.615. The molecule has 96 valence electrons. The molecule has 2 saturated carbocycles. The van der Waals surface area contributed by atoms with E-state index in [4.69, 9.17) is 5.73 Å². The van der Waals surface area contributed by atoms with E-state index < -0.39 is 0 Å². The van der Waals surface area contributed by atoms with Gasteiger partial charge in [0.05, 0.1) is 0 Å². The average Bonchev–Trinajstić information content (AvgIpc) is 3.12. The van der Waals surface area contributed by atoms with Crippen molar-refractivity contribution in [2.24, 2.45) is 11.7 Å². The van der Waals surface area contributed by atoms with Gasteiger partial charge in [-0.15, -0.1) is 0 Å². The van der Waals surface area contributed by atoms with Crippen molar-refractivity contribution in [1.82, 2.24) is 0 Å². The van der Waals surface area contributed by atoms with Gasteiger partial charge in [-0.05, 0) is 43.4 Å². The lowest BCUT2D eigenvalue weighted by Crippen LogP contribution is -2.40. The summed E-state index contributed by atoms with van der Waals surface area (Å²) in [5.41, 5.74) is 7.77. The standard InChI is InChI=1S/C15H20N2O/c16-10-11-4-6-13(7-5-11)17(14-8-9-14)15(18)12-2-1-3-12/h4-7,12,14H,1-3,8-10,16H2. The number of amides is 1. The van der Waals surface area contributed by atoms with Crippen LogP contribution in [0, 0.1) is 5.92 Å². The van der Waals surface area contributed by atoms with Gasteiger partial charge in [-0.1, -0.05) is 18.6 Å². The van der Waals surface area contributed by atoms with Crippen LogP contribution in [0.25, 0.3) is 0 Å². The molecular formula is C15H20N2O. The number of rotatable bonds is 4. The maximum absolute atomic E-state index is 12.5. The maximum atomic E-state index is 12.5. The Morgan fingerprint density at radius 3 is 2.28 bits per heavy atom. The molecule has 0 radical (unpaired) electrons. The smallest absolute Gasteiger partial charge is 0.230 e. The second-order valence-electron chi connectivity index (χ2n) is 5.44. The lowest BCUT2D eigenvalue weighted by Gasteiger charge is -2.32. The molecule has 0 spiro atoms. The third kappa shape index (κ3) is 2.15. The summed E-state index contributed by atoms with van der Waals surface area (Å²) >= 11 is 0. The Bertz CT molecular complexity index is 432. The van der Waals surface area contributed by atoms with Crippen LogP contribution in [0.2, 0.25) is 0 Å². The molecule has 0 bridgehead atoms. The van der Waals surface area contributed by atoms with Crippen molar-refractivity contribution < 1.29 is 4.79 Å². The molecule has 2 aliphatic rings. The van der Waals surface area contributed by atoms with Crippen LogP contribution in [-0.2, 0) is 11.3 Å². The largest absolute Gasteiger partial charge is 0.326 e. The summed E-state index contributed by atoms with van der Waals surface area (Å²) in [4.78, 5) is 14.5. The Morgan fingerprint density at radius 2 is 1.83 bits per heavy atom. The molecule has 2 aliphatic carbocycles. The van der Waals surface area contributed by atoms with Crippen LogP contribution in [0.5, 0.6) is 0 Å². The van der Waals surface area contributed by atoms with E-state index in [9.17, 15) is 4.79 Å². The molecule has 3 rings (SSSR count). The maximum Gasteiger partial charge on any atom is 0.230 e. The van der Waals surface area contributed by atoms with E-state index in [1.165, 1.54) is 6.42 Å². The van der Waals surface area contributed by atoms with Gasteiger partial charge < -0.3 is 10.6 Å². The number of nitrogens with two attached hydrogens (primary N) is 1. The molecule has 0 aliphatic heterocycles. The number of anilines is 1. The number of nitrogens with zero attached hydrogens (tertiary/aromatic N) is 1. The van der Waals surface area contributed by atoms with E-state index in [2.05, 4.69) is 0 Å². The molecule has 3 nitrogen and oxygen atoms in total. The van der Waals surface area contributed by atoms with Crippen molar-refractivity contribution in [3.63, 3.8) is 0 Å². The molecule has 1 aromatic rings. The molecule has 2 fully saturated rings. The first-order valence-corrected chi connectivity index (χ1v) is 6.91. The van der Waals surface area contributed by atoms with E-state index in [-0.39, 0.29) is 5.92 Å². The fourth-order valence-electron chi connectivity index (χ4n) is 2.50. The predicted octanol–water partition coefficient (Wildman–Crippen LogP) is 2.44. The van der Waals surface area contributed by atoms with Crippen molar-refractivity contribution in [2.45, 2.75) is 44.7 Å². The highest BCUT2D eigenvalue weighted by Crippen LogP contribution is 2.37. The molecule has 1 aromatic carbocycles. The Balaban J connectivity index is 1.81. The van der Waals surface area contributed by atoms with Crippen LogP contribution in [0.15, 0.2) is 24.3 Å². The zero-order chi connectivity index (χ0) is 12.5. The molecule has 0 aromatic heterocycles. The van der Waals surface area contributed by atoms with Gasteiger partial charge in [0.15, 0.2) is 0 Å². The summed E-state index contributed by atoms with van der Waals surface area (Å²) < 4.78 is 0. The van der Waals surface area contributed by atoms with Gasteiger partial charge in [0.25, 0.3) is 0 Å². The summed E-state index contributed by atoms with van der Waals surface area (Å²) in [6, 6.07) is 8.58. The molecule has 0 atom stereocenters. The van der Waals surface area contributed by atoms with Gasteiger partial charge in [0.1, 0.15) is 0 Å². The summed E-state index contributed by atoms with van der Waals surface area (Å²) in [5, 5.41) is 0. The monoisotopic (exact) mass is 244 g/mol. The van der Waals surface area contributed by atoms with Crippen LogP contribution < -0.4 is 10.6 Å². The van der Waals surface area contributed by atoms with Crippen LogP contribution in [0.1, 0.15) is 37.7 Å². The minimum Gasteiger partial charge on any atom is -0.326 e. The van der Waals surface area contributed by atoms with Crippen LogP contribution in [0.3, 0.4) is 0 Å². The van der Waals surface area contributed by atoms with Gasteiger partial charge in [-0.25, -0.2) is 0 Å². The van der Waals surface area contributed by atoms with E-state index in [0.29, 0.717) is 18.5 Å². The number of benzene rings is 1. The van der Waals surface area contributed by atoms with E-state index in [1.54, 1.807) is 0 Å². The second kappa shape index (κ2) is 4.73. The Labute approximate surface area is 108 Å². The summed E-state index contributed by atoms with van der Waals surface area (Å²) in [6.07, 6.45) is 5.65. The Kier molecular flexibility index (Phi) is 3.08. The van der Waals surface area contributed by atoms with Crippen molar-refractivity contribution in [2.75, 3.05) is 4.90 Å². The number of hydrogen-bond acceptors (Lipinski definition) is 2. The number of carbonyl (C=O) groups excluding carboxylic acids is 1. The average molecular weight is 244 g/mol. The molecule has 3 heteroatoms. The lowest BCUT2D eigenvalue weighted by atomic mass is 9.84. The van der Waals surface area contributed by atoms with E-state index in [0.717, 1.165) is 36.9 Å². The highest BCUT2D eigenvalue weighted by atomic mass is 16.2. The zero-order valence-electron chi connectivity index (χ0n) is 10.6. The van der Waals surface area contributed by atoms with Gasteiger partial charge in [-0.3, -0.25) is 4.79 Å². The predicted molar refractivity (Wildman–Crippen MR) is 72.2 cm³/mol. The van der Waals surface area contributed by atoms with E-state index in [1.807, 2.05) is 29.2 Å². The van der Waals surface area contributed by atoms with Crippen molar-refractivity contribution >= 4 is 11.6 Å². The molecule has 0 saturated heterocycles. The fourth-order valence-corrected chi connectivity index (χ4v) is 2.50. The van der Waals surface area contributed by atoms with Crippen molar-refractivity contribution in [1.29, 1.82) is 0 Å². The number of carbonyl (C=O) groups is 1. The molecule has 18 heavy (non-hydrogen) atoms. The molecule has 1 amide bonds. The van der Waals surface area contributed by atoms with Crippen LogP contribution in [0.4, 0.5) is 5.69 Å². The summed E-state index contributed by atoms with van der Waals surface area (Å²) in [7, 11) is 0. The zero-order valence-corrected chi connectivity index (χ0v) is 10.6. The van der Waals surface area contributed by atoms with Gasteiger partial charge in [-0.2, -0.15) is 0 Å². The quantitative estimate of drug-likeness (QED) is 0.884. The first kappa shape index (κ1) is 11.7. The first-order valence-electron chi connectivity index (χ1n) is 6.91. The minimum absolute atomic E-state index is 0.278. The van der Waals surface area contributed by atoms with E-state index >= 15 is 0 Å². The fraction of sp³-hybridized carbons (Fsp3) is 0.533. The highest BCUT2D eigenvalue weighted by molar-refractivity contribution is 5.96. The Morgan fingerprint density at radius 1 is 1.17 bits per heavy atom. The van der Waals surface area contributed by atoms with Gasteiger partial charge in [0, 0.05) is 24.2 Å². The lowest BCUT2D eigenvalue weighted by molar-refractivity contribution is -0.124. The topological polar surface area (TPSA) is 46.3 Å². The van der Waals surface area contributed by atoms with Crippen LogP contribution in [-0.4, -0.2) is 11.9 Å². The Hall–Kier alpha value is -1.35. The third-order valence-electron chi connectivity index (χ3n) is 4.05.